The van der Waals surface area contributed by atoms with Crippen LogP contribution >= 0.6 is 31.9 Å². The van der Waals surface area contributed by atoms with Crippen LogP contribution < -0.4 is 5.73 Å². The Kier molecular flexibility index (Phi) is 2.40. The third kappa shape index (κ3) is 1.51. The molecule has 0 radical (unpaired) electrons. The summed E-state index contributed by atoms with van der Waals surface area (Å²) in [7, 11) is 0. The molecular formula is C8H7Br2N3. The third-order valence-corrected chi connectivity index (χ3v) is 2.86. The summed E-state index contributed by atoms with van der Waals surface area (Å²) in [5, 5.41) is 0. The zero-order valence-corrected chi connectivity index (χ0v) is 9.84. The van der Waals surface area contributed by atoms with Crippen molar-refractivity contribution in [3.63, 3.8) is 0 Å². The molecule has 68 valence electrons. The van der Waals surface area contributed by atoms with E-state index in [1.807, 2.05) is 22.7 Å². The fourth-order valence-electron chi connectivity index (χ4n) is 1.22. The first-order valence-corrected chi connectivity index (χ1v) is 5.33. The van der Waals surface area contributed by atoms with Crippen LogP contribution in [0.2, 0.25) is 0 Å². The number of pyridine rings is 1. The second-order valence-corrected chi connectivity index (χ2v) is 4.29. The average Bonchev–Trinajstić information content (AvgIpc) is 2.42. The molecule has 2 rings (SSSR count). The zero-order valence-electron chi connectivity index (χ0n) is 6.67. The lowest BCUT2D eigenvalue weighted by molar-refractivity contribution is 0.900. The van der Waals surface area contributed by atoms with E-state index < -0.39 is 0 Å². The van der Waals surface area contributed by atoms with Crippen LogP contribution in [0.25, 0.3) is 5.52 Å². The Morgan fingerprint density at radius 2 is 2.15 bits per heavy atom. The first-order chi connectivity index (χ1) is 6.22. The van der Waals surface area contributed by atoms with Gasteiger partial charge in [0.25, 0.3) is 0 Å². The Labute approximate surface area is 92.2 Å². The molecule has 0 aliphatic heterocycles. The van der Waals surface area contributed by atoms with Crippen molar-refractivity contribution in [2.24, 2.45) is 5.73 Å². The van der Waals surface area contributed by atoms with Crippen molar-refractivity contribution in [2.45, 2.75) is 6.54 Å². The standard InChI is InChI=1S/C8H7Br2N3/c9-5-1-2-6-8(10)12-7(3-11)13(6)4-5/h1-2,4H,3,11H2. The molecule has 13 heavy (non-hydrogen) atoms. The van der Waals surface area contributed by atoms with Gasteiger partial charge in [0, 0.05) is 10.7 Å². The second-order valence-electron chi connectivity index (χ2n) is 2.63. The van der Waals surface area contributed by atoms with Gasteiger partial charge in [0.2, 0.25) is 0 Å². The zero-order chi connectivity index (χ0) is 9.42. The lowest BCUT2D eigenvalue weighted by Gasteiger charge is -1.97. The summed E-state index contributed by atoms with van der Waals surface area (Å²) >= 11 is 6.78. The molecule has 5 heteroatoms. The Hall–Kier alpha value is -0.390. The van der Waals surface area contributed by atoms with Crippen molar-refractivity contribution in [3.8, 4) is 0 Å². The summed E-state index contributed by atoms with van der Waals surface area (Å²) in [6.07, 6.45) is 1.95. The Morgan fingerprint density at radius 1 is 1.38 bits per heavy atom. The fraction of sp³-hybridized carbons (Fsp3) is 0.125. The number of halogens is 2. The van der Waals surface area contributed by atoms with E-state index >= 15 is 0 Å². The Balaban J connectivity index is 2.81. The molecule has 2 heterocycles. The van der Waals surface area contributed by atoms with Gasteiger partial charge in [-0.05, 0) is 44.0 Å². The van der Waals surface area contributed by atoms with Crippen molar-refractivity contribution in [2.75, 3.05) is 0 Å². The molecule has 0 saturated carbocycles. The third-order valence-electron chi connectivity index (χ3n) is 1.81. The maximum atomic E-state index is 5.56. The molecule has 0 amide bonds. The van der Waals surface area contributed by atoms with E-state index in [1.54, 1.807) is 0 Å². The summed E-state index contributed by atoms with van der Waals surface area (Å²) in [6, 6.07) is 3.96. The van der Waals surface area contributed by atoms with Gasteiger partial charge in [0.1, 0.15) is 10.4 Å². The molecule has 0 aromatic carbocycles. The van der Waals surface area contributed by atoms with Crippen LogP contribution in [-0.4, -0.2) is 9.38 Å². The molecule has 2 N–H and O–H groups in total. The summed E-state index contributed by atoms with van der Waals surface area (Å²) in [6.45, 7) is 0.434. The normalized spacial score (nSPS) is 11.0. The molecule has 0 aliphatic carbocycles. The topological polar surface area (TPSA) is 43.3 Å². The lowest BCUT2D eigenvalue weighted by atomic mass is 10.4. The first-order valence-electron chi connectivity index (χ1n) is 3.74. The number of rotatable bonds is 1. The van der Waals surface area contributed by atoms with Crippen molar-refractivity contribution < 1.29 is 0 Å². The Bertz CT molecular complexity index is 450. The predicted molar refractivity (Wildman–Crippen MR) is 58.5 cm³/mol. The van der Waals surface area contributed by atoms with Crippen LogP contribution in [0.15, 0.2) is 27.4 Å². The number of aromatic nitrogens is 2. The van der Waals surface area contributed by atoms with Gasteiger partial charge in [-0.2, -0.15) is 0 Å². The van der Waals surface area contributed by atoms with E-state index in [0.29, 0.717) is 6.54 Å². The van der Waals surface area contributed by atoms with Crippen LogP contribution in [0, 0.1) is 0 Å². The molecule has 2 aromatic heterocycles. The van der Waals surface area contributed by atoms with Gasteiger partial charge in [-0.25, -0.2) is 4.98 Å². The van der Waals surface area contributed by atoms with Gasteiger partial charge in [-0.15, -0.1) is 0 Å². The average molecular weight is 305 g/mol. The van der Waals surface area contributed by atoms with Crippen LogP contribution in [0.1, 0.15) is 5.82 Å². The second kappa shape index (κ2) is 3.40. The van der Waals surface area contributed by atoms with Crippen molar-refractivity contribution in [1.29, 1.82) is 0 Å². The van der Waals surface area contributed by atoms with Gasteiger partial charge in [-0.1, -0.05) is 0 Å². The number of fused-ring (bicyclic) bond motifs is 1. The molecule has 0 saturated heterocycles. The maximum Gasteiger partial charge on any atom is 0.132 e. The molecule has 0 fully saturated rings. The van der Waals surface area contributed by atoms with E-state index in [-0.39, 0.29) is 0 Å². The smallest absolute Gasteiger partial charge is 0.132 e. The molecule has 0 aliphatic rings. The number of hydrogen-bond acceptors (Lipinski definition) is 2. The molecule has 0 atom stereocenters. The van der Waals surface area contributed by atoms with Gasteiger partial charge in [0.05, 0.1) is 12.1 Å². The van der Waals surface area contributed by atoms with Gasteiger partial charge < -0.3 is 10.1 Å². The summed E-state index contributed by atoms with van der Waals surface area (Å²) in [5.41, 5.74) is 6.59. The molecule has 0 bridgehead atoms. The SMILES string of the molecule is NCc1nc(Br)c2ccc(Br)cn12. The van der Waals surface area contributed by atoms with Crippen molar-refractivity contribution >= 4 is 37.4 Å². The van der Waals surface area contributed by atoms with E-state index in [4.69, 9.17) is 5.73 Å². The van der Waals surface area contributed by atoms with Crippen molar-refractivity contribution in [1.82, 2.24) is 9.38 Å². The summed E-state index contributed by atoms with van der Waals surface area (Å²) < 4.78 is 3.81. The first kappa shape index (κ1) is 9.18. The monoisotopic (exact) mass is 303 g/mol. The number of hydrogen-bond donors (Lipinski definition) is 1. The Morgan fingerprint density at radius 3 is 2.85 bits per heavy atom. The van der Waals surface area contributed by atoms with Gasteiger partial charge in [-0.3, -0.25) is 0 Å². The highest BCUT2D eigenvalue weighted by Crippen LogP contribution is 2.21. The lowest BCUT2D eigenvalue weighted by Crippen LogP contribution is -2.02. The largest absolute Gasteiger partial charge is 0.324 e. The van der Waals surface area contributed by atoms with Crippen LogP contribution in [-0.2, 0) is 6.54 Å². The van der Waals surface area contributed by atoms with Crippen LogP contribution in [0.3, 0.4) is 0 Å². The fourth-order valence-corrected chi connectivity index (χ4v) is 2.09. The molecular weight excluding hydrogens is 298 g/mol. The van der Waals surface area contributed by atoms with E-state index in [1.165, 1.54) is 0 Å². The quantitative estimate of drug-likeness (QED) is 0.878. The minimum absolute atomic E-state index is 0.434. The minimum Gasteiger partial charge on any atom is -0.324 e. The van der Waals surface area contributed by atoms with Crippen LogP contribution in [0.5, 0.6) is 0 Å². The highest BCUT2D eigenvalue weighted by molar-refractivity contribution is 9.10. The molecule has 2 aromatic rings. The summed E-state index contributed by atoms with van der Waals surface area (Å²) in [4.78, 5) is 4.28. The van der Waals surface area contributed by atoms with Gasteiger partial charge in [0.15, 0.2) is 0 Å². The van der Waals surface area contributed by atoms with E-state index in [9.17, 15) is 0 Å². The number of nitrogens with two attached hydrogens (primary N) is 1. The van der Waals surface area contributed by atoms with Gasteiger partial charge >= 0.3 is 0 Å². The highest BCUT2D eigenvalue weighted by atomic mass is 79.9. The minimum atomic E-state index is 0.434. The molecule has 0 unspecified atom stereocenters. The predicted octanol–water partition coefficient (Wildman–Crippen LogP) is 2.32. The van der Waals surface area contributed by atoms with E-state index in [2.05, 4.69) is 36.8 Å². The highest BCUT2D eigenvalue weighted by Gasteiger charge is 2.06. The summed E-state index contributed by atoms with van der Waals surface area (Å²) in [5.74, 6) is 0.850. The maximum absolute atomic E-state index is 5.56. The number of nitrogens with zero attached hydrogens (tertiary/aromatic N) is 2. The molecule has 0 spiro atoms. The van der Waals surface area contributed by atoms with Crippen LogP contribution in [0.4, 0.5) is 0 Å². The van der Waals surface area contributed by atoms with Crippen molar-refractivity contribution in [3.05, 3.63) is 33.2 Å². The number of imidazole rings is 1. The van der Waals surface area contributed by atoms with E-state index in [0.717, 1.165) is 20.4 Å². The molecule has 3 nitrogen and oxygen atoms in total.